The molecule has 1 aliphatic heterocycles. The fourth-order valence-corrected chi connectivity index (χ4v) is 2.64. The van der Waals surface area contributed by atoms with Crippen molar-refractivity contribution in [3.05, 3.63) is 0 Å². The van der Waals surface area contributed by atoms with E-state index >= 15 is 0 Å². The van der Waals surface area contributed by atoms with Gasteiger partial charge in [-0.15, -0.1) is 0 Å². The molecule has 0 aliphatic carbocycles. The molecule has 0 aromatic heterocycles. The lowest BCUT2D eigenvalue weighted by molar-refractivity contribution is -0.0356. The van der Waals surface area contributed by atoms with Crippen LogP contribution in [0.25, 0.3) is 0 Å². The van der Waals surface area contributed by atoms with Crippen LogP contribution in [0.4, 0.5) is 0 Å². The number of ether oxygens (including phenoxy) is 1. The molecular formula is C15H30O. The van der Waals surface area contributed by atoms with E-state index in [0.717, 1.165) is 0 Å². The Balaban J connectivity index is 2.20. The number of hydrogen-bond acceptors (Lipinski definition) is 1. The Kier molecular flexibility index (Phi) is 7.92. The minimum Gasteiger partial charge on any atom is -0.375 e. The summed E-state index contributed by atoms with van der Waals surface area (Å²) in [5.74, 6) is 0. The van der Waals surface area contributed by atoms with Gasteiger partial charge in [-0.3, -0.25) is 0 Å². The molecule has 1 aliphatic rings. The summed E-state index contributed by atoms with van der Waals surface area (Å²) in [7, 11) is 0. The van der Waals surface area contributed by atoms with Gasteiger partial charge in [-0.25, -0.2) is 0 Å². The fraction of sp³-hybridized carbons (Fsp3) is 1.00. The minimum atomic E-state index is 0.552. The highest BCUT2D eigenvalue weighted by atomic mass is 16.5. The van der Waals surface area contributed by atoms with E-state index in [2.05, 4.69) is 13.8 Å². The molecule has 0 radical (unpaired) electrons. The van der Waals surface area contributed by atoms with Crippen molar-refractivity contribution >= 4 is 0 Å². The zero-order valence-corrected chi connectivity index (χ0v) is 11.3. The molecular weight excluding hydrogens is 196 g/mol. The van der Waals surface area contributed by atoms with Crippen LogP contribution in [-0.4, -0.2) is 12.2 Å². The molecule has 2 atom stereocenters. The maximum Gasteiger partial charge on any atom is 0.0578 e. The van der Waals surface area contributed by atoms with Gasteiger partial charge in [-0.1, -0.05) is 58.8 Å². The van der Waals surface area contributed by atoms with E-state index in [-0.39, 0.29) is 0 Å². The second-order valence-corrected chi connectivity index (χ2v) is 5.28. The van der Waals surface area contributed by atoms with Crippen molar-refractivity contribution < 1.29 is 4.74 Å². The predicted molar refractivity (Wildman–Crippen MR) is 70.8 cm³/mol. The van der Waals surface area contributed by atoms with Crippen molar-refractivity contribution in [3.63, 3.8) is 0 Å². The van der Waals surface area contributed by atoms with Crippen LogP contribution in [-0.2, 0) is 4.74 Å². The van der Waals surface area contributed by atoms with Crippen LogP contribution in [0.15, 0.2) is 0 Å². The van der Waals surface area contributed by atoms with Crippen molar-refractivity contribution in [1.82, 2.24) is 0 Å². The maximum absolute atomic E-state index is 6.22. The smallest absolute Gasteiger partial charge is 0.0578 e. The topological polar surface area (TPSA) is 9.23 Å². The van der Waals surface area contributed by atoms with Crippen LogP contribution in [0.3, 0.4) is 0 Å². The highest BCUT2D eigenvalue weighted by Crippen LogP contribution is 2.23. The Labute approximate surface area is 102 Å². The Bertz CT molecular complexity index is 156. The lowest BCUT2D eigenvalue weighted by Gasteiger charge is -2.27. The normalized spacial score (nSPS) is 27.4. The van der Waals surface area contributed by atoms with Gasteiger partial charge in [0, 0.05) is 0 Å². The van der Waals surface area contributed by atoms with E-state index in [1.165, 1.54) is 70.6 Å². The first-order valence-corrected chi connectivity index (χ1v) is 7.52. The molecule has 1 heterocycles. The summed E-state index contributed by atoms with van der Waals surface area (Å²) < 4.78 is 6.22. The van der Waals surface area contributed by atoms with Gasteiger partial charge in [0.2, 0.25) is 0 Å². The van der Waals surface area contributed by atoms with E-state index in [4.69, 9.17) is 4.74 Å². The minimum absolute atomic E-state index is 0.552. The first-order chi connectivity index (χ1) is 7.86. The Morgan fingerprint density at radius 2 is 1.62 bits per heavy atom. The fourth-order valence-electron chi connectivity index (χ4n) is 2.64. The first-order valence-electron chi connectivity index (χ1n) is 7.52. The molecule has 0 spiro atoms. The second-order valence-electron chi connectivity index (χ2n) is 5.28. The van der Waals surface area contributed by atoms with E-state index in [0.29, 0.717) is 12.2 Å². The highest BCUT2D eigenvalue weighted by Gasteiger charge is 2.17. The summed E-state index contributed by atoms with van der Waals surface area (Å²) in [6, 6.07) is 0. The summed E-state index contributed by atoms with van der Waals surface area (Å²) in [6.45, 7) is 4.54. The zero-order chi connectivity index (χ0) is 11.6. The average Bonchev–Trinajstić information content (AvgIpc) is 2.27. The molecule has 0 saturated carbocycles. The predicted octanol–water partition coefficient (Wildman–Crippen LogP) is 5.08. The van der Waals surface area contributed by atoms with Gasteiger partial charge in [0.05, 0.1) is 12.2 Å². The third kappa shape index (κ3) is 5.89. The van der Waals surface area contributed by atoms with Crippen molar-refractivity contribution in [3.8, 4) is 0 Å². The Morgan fingerprint density at radius 3 is 2.31 bits per heavy atom. The molecule has 1 saturated heterocycles. The van der Waals surface area contributed by atoms with Gasteiger partial charge in [-0.05, 0) is 25.7 Å². The number of unbranched alkanes of at least 4 members (excludes halogenated alkanes) is 3. The van der Waals surface area contributed by atoms with Crippen LogP contribution >= 0.6 is 0 Å². The first kappa shape index (κ1) is 14.0. The van der Waals surface area contributed by atoms with Crippen molar-refractivity contribution in [2.75, 3.05) is 0 Å². The van der Waals surface area contributed by atoms with Gasteiger partial charge in [0.1, 0.15) is 0 Å². The molecule has 96 valence electrons. The van der Waals surface area contributed by atoms with Crippen molar-refractivity contribution in [2.24, 2.45) is 0 Å². The lowest BCUT2D eigenvalue weighted by Crippen LogP contribution is -2.23. The molecule has 0 aromatic rings. The standard InChI is InChI=1S/C15H30O/c1-3-5-6-8-12-15-13-10-7-9-11-14(4-2)16-15/h14-15H,3-13H2,1-2H3/t14-,15-/m0/s1. The van der Waals surface area contributed by atoms with Crippen molar-refractivity contribution in [1.29, 1.82) is 0 Å². The molecule has 1 rings (SSSR count). The van der Waals surface area contributed by atoms with Crippen molar-refractivity contribution in [2.45, 2.75) is 96.7 Å². The molecule has 0 aromatic carbocycles. The van der Waals surface area contributed by atoms with Gasteiger partial charge >= 0.3 is 0 Å². The summed E-state index contributed by atoms with van der Waals surface area (Å²) in [4.78, 5) is 0. The van der Waals surface area contributed by atoms with Crippen LogP contribution in [0.5, 0.6) is 0 Å². The zero-order valence-electron chi connectivity index (χ0n) is 11.3. The molecule has 1 heteroatoms. The molecule has 0 bridgehead atoms. The molecule has 0 amide bonds. The molecule has 0 N–H and O–H groups in total. The maximum atomic E-state index is 6.22. The Morgan fingerprint density at radius 1 is 0.875 bits per heavy atom. The van der Waals surface area contributed by atoms with Gasteiger partial charge < -0.3 is 4.74 Å². The van der Waals surface area contributed by atoms with Crippen LogP contribution in [0.2, 0.25) is 0 Å². The average molecular weight is 226 g/mol. The Hall–Kier alpha value is -0.0400. The number of hydrogen-bond donors (Lipinski definition) is 0. The lowest BCUT2D eigenvalue weighted by atomic mass is 9.99. The third-order valence-electron chi connectivity index (χ3n) is 3.77. The summed E-state index contributed by atoms with van der Waals surface area (Å²) in [6.07, 6.45) is 15.9. The van der Waals surface area contributed by atoms with Gasteiger partial charge in [0.25, 0.3) is 0 Å². The van der Waals surface area contributed by atoms with E-state index < -0.39 is 0 Å². The third-order valence-corrected chi connectivity index (χ3v) is 3.77. The quantitative estimate of drug-likeness (QED) is 0.574. The molecule has 1 fully saturated rings. The van der Waals surface area contributed by atoms with Gasteiger partial charge in [-0.2, -0.15) is 0 Å². The molecule has 0 unspecified atom stereocenters. The second kappa shape index (κ2) is 9.04. The van der Waals surface area contributed by atoms with E-state index in [1.807, 2.05) is 0 Å². The van der Waals surface area contributed by atoms with E-state index in [9.17, 15) is 0 Å². The highest BCUT2D eigenvalue weighted by molar-refractivity contribution is 4.67. The largest absolute Gasteiger partial charge is 0.375 e. The SMILES string of the molecule is CCCCCC[C@H]1CCCCC[C@H](CC)O1. The molecule has 16 heavy (non-hydrogen) atoms. The monoisotopic (exact) mass is 226 g/mol. The molecule has 1 nitrogen and oxygen atoms in total. The van der Waals surface area contributed by atoms with Crippen LogP contribution in [0, 0.1) is 0 Å². The summed E-state index contributed by atoms with van der Waals surface area (Å²) >= 11 is 0. The number of rotatable bonds is 6. The van der Waals surface area contributed by atoms with Gasteiger partial charge in [0.15, 0.2) is 0 Å². The summed E-state index contributed by atoms with van der Waals surface area (Å²) in [5, 5.41) is 0. The van der Waals surface area contributed by atoms with Crippen LogP contribution in [0.1, 0.15) is 84.5 Å². The van der Waals surface area contributed by atoms with Crippen LogP contribution < -0.4 is 0 Å². The summed E-state index contributed by atoms with van der Waals surface area (Å²) in [5.41, 5.74) is 0. The van der Waals surface area contributed by atoms with E-state index in [1.54, 1.807) is 0 Å².